The van der Waals surface area contributed by atoms with Crippen molar-refractivity contribution in [1.82, 2.24) is 14.2 Å². The Morgan fingerprint density at radius 2 is 2.00 bits per heavy atom. The number of aliphatic hydroxyl groups is 2. The Balaban J connectivity index is 1.89. The molecular weight excluding hydrogens is 383 g/mol. The normalized spacial score (nSPS) is 12.3. The molecule has 1 unspecified atom stereocenters. The molecule has 136 valence electrons. The van der Waals surface area contributed by atoms with Crippen LogP contribution in [-0.4, -0.2) is 43.0 Å². The summed E-state index contributed by atoms with van der Waals surface area (Å²) >= 11 is 11.9. The van der Waals surface area contributed by atoms with E-state index in [4.69, 9.17) is 28.3 Å². The van der Waals surface area contributed by atoms with Crippen molar-refractivity contribution in [3.63, 3.8) is 0 Å². The maximum absolute atomic E-state index is 12.5. The molecule has 0 spiro atoms. The minimum atomic E-state index is -1.54. The van der Waals surface area contributed by atoms with Crippen LogP contribution in [0.15, 0.2) is 41.3 Å². The Kier molecular flexibility index (Phi) is 5.28. The van der Waals surface area contributed by atoms with Gasteiger partial charge < -0.3 is 15.5 Å². The summed E-state index contributed by atoms with van der Waals surface area (Å²) in [5.41, 5.74) is 1.01. The van der Waals surface area contributed by atoms with Gasteiger partial charge in [-0.1, -0.05) is 29.3 Å². The number of halogens is 2. The maximum atomic E-state index is 12.5. The summed E-state index contributed by atoms with van der Waals surface area (Å²) in [5, 5.41) is 25.5. The fourth-order valence-corrected chi connectivity index (χ4v) is 2.64. The summed E-state index contributed by atoms with van der Waals surface area (Å²) < 4.78 is 2.52. The van der Waals surface area contributed by atoms with Crippen LogP contribution in [0.4, 0.5) is 5.69 Å². The highest BCUT2D eigenvalue weighted by Crippen LogP contribution is 2.22. The summed E-state index contributed by atoms with van der Waals surface area (Å²) in [5.74, 6) is -0.775. The Hall–Kier alpha value is -2.39. The molecule has 0 saturated heterocycles. The van der Waals surface area contributed by atoms with Crippen LogP contribution in [0.25, 0.3) is 5.65 Å². The van der Waals surface area contributed by atoms with Crippen molar-refractivity contribution >= 4 is 40.4 Å². The second-order valence-electron chi connectivity index (χ2n) is 5.52. The third-order valence-electron chi connectivity index (χ3n) is 3.64. The fraction of sp³-hybridized carbons (Fsp3) is 0.188. The largest absolute Gasteiger partial charge is 0.393 e. The molecule has 0 saturated carbocycles. The number of anilines is 1. The number of amides is 1. The van der Waals surface area contributed by atoms with Gasteiger partial charge in [-0.3, -0.25) is 4.79 Å². The third-order valence-corrected chi connectivity index (χ3v) is 4.38. The van der Waals surface area contributed by atoms with Gasteiger partial charge in [-0.15, -0.1) is 5.10 Å². The molecule has 3 rings (SSSR count). The van der Waals surface area contributed by atoms with Gasteiger partial charge in [-0.05, 0) is 29.8 Å². The van der Waals surface area contributed by atoms with Crippen LogP contribution >= 0.6 is 23.2 Å². The number of hydrogen-bond acceptors (Lipinski definition) is 5. The number of benzene rings is 1. The van der Waals surface area contributed by atoms with E-state index in [9.17, 15) is 14.7 Å². The van der Waals surface area contributed by atoms with Crippen molar-refractivity contribution in [1.29, 1.82) is 0 Å². The van der Waals surface area contributed by atoms with E-state index in [0.29, 0.717) is 15.7 Å². The van der Waals surface area contributed by atoms with E-state index in [1.807, 2.05) is 0 Å². The average molecular weight is 397 g/mol. The number of aliphatic hydroxyl groups excluding tert-OH is 2. The van der Waals surface area contributed by atoms with Crippen molar-refractivity contribution in [2.45, 2.75) is 12.6 Å². The van der Waals surface area contributed by atoms with E-state index < -0.39 is 24.3 Å². The first kappa shape index (κ1) is 18.4. The standard InChI is InChI=1S/C16H14Cl2N4O4/c17-11-3-1-9(5-12(11)18)6-22-16(26)21-7-10(2-4-14(21)20-22)19-15(25)13(24)8-23/h1-5,7,13,23-24H,6,8H2,(H,19,25). The van der Waals surface area contributed by atoms with Gasteiger partial charge in [0, 0.05) is 6.20 Å². The monoisotopic (exact) mass is 396 g/mol. The van der Waals surface area contributed by atoms with E-state index in [0.717, 1.165) is 5.56 Å². The lowest BCUT2D eigenvalue weighted by Crippen LogP contribution is -2.30. The number of pyridine rings is 1. The molecule has 2 heterocycles. The fourth-order valence-electron chi connectivity index (χ4n) is 2.31. The van der Waals surface area contributed by atoms with Crippen LogP contribution in [0.3, 0.4) is 0 Å². The molecule has 2 aromatic heterocycles. The van der Waals surface area contributed by atoms with Gasteiger partial charge in [0.05, 0.1) is 28.9 Å². The van der Waals surface area contributed by atoms with Gasteiger partial charge in [0.25, 0.3) is 5.91 Å². The minimum absolute atomic E-state index is 0.197. The van der Waals surface area contributed by atoms with Gasteiger partial charge in [0.15, 0.2) is 11.8 Å². The second-order valence-corrected chi connectivity index (χ2v) is 6.34. The van der Waals surface area contributed by atoms with E-state index in [1.54, 1.807) is 24.3 Å². The molecule has 3 N–H and O–H groups in total. The zero-order valence-corrected chi connectivity index (χ0v) is 14.8. The highest BCUT2D eigenvalue weighted by Gasteiger charge is 2.15. The highest BCUT2D eigenvalue weighted by molar-refractivity contribution is 6.42. The van der Waals surface area contributed by atoms with Gasteiger partial charge in [0.1, 0.15) is 0 Å². The summed E-state index contributed by atoms with van der Waals surface area (Å²) in [4.78, 5) is 24.1. The molecule has 1 atom stereocenters. The molecule has 1 aromatic carbocycles. The van der Waals surface area contributed by atoms with Crippen LogP contribution in [-0.2, 0) is 11.3 Å². The van der Waals surface area contributed by atoms with Crippen molar-refractivity contribution in [2.24, 2.45) is 0 Å². The molecule has 1 amide bonds. The van der Waals surface area contributed by atoms with Crippen molar-refractivity contribution in [3.05, 3.63) is 62.6 Å². The van der Waals surface area contributed by atoms with E-state index in [2.05, 4.69) is 10.4 Å². The van der Waals surface area contributed by atoms with E-state index in [-0.39, 0.29) is 12.2 Å². The number of carbonyl (C=O) groups is 1. The van der Waals surface area contributed by atoms with Crippen LogP contribution in [0.5, 0.6) is 0 Å². The lowest BCUT2D eigenvalue weighted by molar-refractivity contribution is -0.125. The molecule has 8 nitrogen and oxygen atoms in total. The quantitative estimate of drug-likeness (QED) is 0.599. The molecule has 0 fully saturated rings. The Labute approximate surface area is 157 Å². The van der Waals surface area contributed by atoms with Crippen molar-refractivity contribution in [2.75, 3.05) is 11.9 Å². The molecule has 0 aliphatic carbocycles. The summed E-state index contributed by atoms with van der Waals surface area (Å²) in [6.45, 7) is -0.502. The molecule has 10 heteroatoms. The van der Waals surface area contributed by atoms with Crippen LogP contribution < -0.4 is 11.0 Å². The van der Waals surface area contributed by atoms with Gasteiger partial charge in [-0.2, -0.15) is 0 Å². The van der Waals surface area contributed by atoms with E-state index >= 15 is 0 Å². The Bertz CT molecular complexity index is 1030. The van der Waals surface area contributed by atoms with Crippen LogP contribution in [0.1, 0.15) is 5.56 Å². The number of nitrogens with one attached hydrogen (secondary N) is 1. The Morgan fingerprint density at radius 3 is 2.69 bits per heavy atom. The molecule has 0 radical (unpaired) electrons. The summed E-state index contributed by atoms with van der Waals surface area (Å²) in [6, 6.07) is 8.12. The lowest BCUT2D eigenvalue weighted by Gasteiger charge is -2.08. The maximum Gasteiger partial charge on any atom is 0.350 e. The predicted octanol–water partition coefficient (Wildman–Crippen LogP) is 1.14. The first-order valence-electron chi connectivity index (χ1n) is 7.52. The van der Waals surface area contributed by atoms with E-state index in [1.165, 1.54) is 21.3 Å². The third kappa shape index (κ3) is 3.73. The highest BCUT2D eigenvalue weighted by atomic mass is 35.5. The number of aromatic nitrogens is 3. The lowest BCUT2D eigenvalue weighted by atomic mass is 10.2. The van der Waals surface area contributed by atoms with Crippen molar-refractivity contribution in [3.8, 4) is 0 Å². The number of hydrogen-bond donors (Lipinski definition) is 3. The van der Waals surface area contributed by atoms with Gasteiger partial charge in [0.2, 0.25) is 0 Å². The SMILES string of the molecule is O=C(Nc1ccc2nn(Cc3ccc(Cl)c(Cl)c3)c(=O)n2c1)C(O)CO. The Morgan fingerprint density at radius 1 is 1.23 bits per heavy atom. The number of carbonyl (C=O) groups excluding carboxylic acids is 1. The van der Waals surface area contributed by atoms with Crippen LogP contribution in [0.2, 0.25) is 10.0 Å². The zero-order valence-electron chi connectivity index (χ0n) is 13.3. The smallest absolute Gasteiger partial charge is 0.350 e. The molecule has 26 heavy (non-hydrogen) atoms. The molecule has 0 aliphatic rings. The van der Waals surface area contributed by atoms with Gasteiger partial charge >= 0.3 is 5.69 Å². The van der Waals surface area contributed by atoms with Gasteiger partial charge in [-0.25, -0.2) is 13.9 Å². The minimum Gasteiger partial charge on any atom is -0.393 e. The predicted molar refractivity (Wildman–Crippen MR) is 96.7 cm³/mol. The summed E-state index contributed by atoms with van der Waals surface area (Å²) in [7, 11) is 0. The molecule has 0 bridgehead atoms. The number of nitrogens with zero attached hydrogens (tertiary/aromatic N) is 3. The average Bonchev–Trinajstić information content (AvgIpc) is 2.93. The topological polar surface area (TPSA) is 109 Å². The van der Waals surface area contributed by atoms with Crippen LogP contribution in [0, 0.1) is 0 Å². The molecule has 3 aromatic rings. The second kappa shape index (κ2) is 7.46. The molecular formula is C16H14Cl2N4O4. The van der Waals surface area contributed by atoms with Crippen molar-refractivity contribution < 1.29 is 15.0 Å². The summed E-state index contributed by atoms with van der Waals surface area (Å²) in [6.07, 6.45) is -0.155. The molecule has 0 aliphatic heterocycles. The zero-order chi connectivity index (χ0) is 18.8. The number of fused-ring (bicyclic) bond motifs is 1. The number of rotatable bonds is 5. The first-order chi connectivity index (χ1) is 12.4. The first-order valence-corrected chi connectivity index (χ1v) is 8.27.